The highest BCUT2D eigenvalue weighted by Gasteiger charge is 2.21. The van der Waals surface area contributed by atoms with Gasteiger partial charge in [0.1, 0.15) is 0 Å². The van der Waals surface area contributed by atoms with Crippen LogP contribution in [0.4, 0.5) is 5.69 Å². The van der Waals surface area contributed by atoms with Crippen LogP contribution >= 0.6 is 0 Å². The molecule has 154 valence electrons. The number of amides is 1. The van der Waals surface area contributed by atoms with Crippen molar-refractivity contribution in [3.63, 3.8) is 0 Å². The van der Waals surface area contributed by atoms with E-state index in [0.29, 0.717) is 41.9 Å². The highest BCUT2D eigenvalue weighted by atomic mass is 16.7. The zero-order valence-electron chi connectivity index (χ0n) is 16.5. The average Bonchev–Trinajstić information content (AvgIpc) is 3.17. The van der Waals surface area contributed by atoms with Crippen molar-refractivity contribution in [1.29, 1.82) is 0 Å². The summed E-state index contributed by atoms with van der Waals surface area (Å²) < 4.78 is 26.8. The van der Waals surface area contributed by atoms with Crippen LogP contribution in [0.15, 0.2) is 36.4 Å². The van der Waals surface area contributed by atoms with Crippen molar-refractivity contribution in [2.75, 3.05) is 25.3 Å². The number of benzene rings is 2. The second-order valence-electron chi connectivity index (χ2n) is 6.13. The van der Waals surface area contributed by atoms with E-state index in [0.717, 1.165) is 0 Å². The summed E-state index contributed by atoms with van der Waals surface area (Å²) in [5, 5.41) is 2.69. The monoisotopic (exact) mass is 401 g/mol. The van der Waals surface area contributed by atoms with Gasteiger partial charge in [0.2, 0.25) is 6.79 Å². The van der Waals surface area contributed by atoms with Crippen molar-refractivity contribution in [1.82, 2.24) is 0 Å². The van der Waals surface area contributed by atoms with E-state index in [-0.39, 0.29) is 12.4 Å². The van der Waals surface area contributed by atoms with Crippen LogP contribution in [0.5, 0.6) is 23.0 Å². The number of rotatable bonds is 8. The lowest BCUT2D eigenvalue weighted by Gasteiger charge is -2.15. The lowest BCUT2D eigenvalue weighted by Crippen LogP contribution is -2.30. The van der Waals surface area contributed by atoms with Gasteiger partial charge in [0, 0.05) is 11.8 Å². The molecule has 1 amide bonds. The zero-order chi connectivity index (χ0) is 20.8. The number of nitrogens with one attached hydrogen (secondary N) is 1. The molecule has 0 bridgehead atoms. The Bertz CT molecular complexity index is 897. The van der Waals surface area contributed by atoms with Crippen LogP contribution in [0.25, 0.3) is 0 Å². The molecule has 0 unspecified atom stereocenters. The van der Waals surface area contributed by atoms with E-state index in [9.17, 15) is 9.59 Å². The van der Waals surface area contributed by atoms with E-state index >= 15 is 0 Å². The summed E-state index contributed by atoms with van der Waals surface area (Å²) in [6.07, 6.45) is -1.00. The SMILES string of the molecule is CCOc1ccc(C(=O)O[C@@H](C)C(=O)Nc2ccc3c(c2)OCO3)cc1OCC. The smallest absolute Gasteiger partial charge is 0.339 e. The summed E-state index contributed by atoms with van der Waals surface area (Å²) in [5.74, 6) is 1.05. The molecular weight excluding hydrogens is 378 g/mol. The standard InChI is InChI=1S/C21H23NO7/c1-4-25-16-8-6-14(10-18(16)26-5-2)21(24)29-13(3)20(23)22-15-7-9-17-19(11-15)28-12-27-17/h6-11,13H,4-5,12H2,1-3H3,(H,22,23)/t13-/m0/s1. The van der Waals surface area contributed by atoms with Crippen molar-refractivity contribution in [3.05, 3.63) is 42.0 Å². The predicted octanol–water partition coefficient (Wildman–Crippen LogP) is 3.40. The molecule has 2 aromatic carbocycles. The molecule has 1 heterocycles. The Kier molecular flexibility index (Phi) is 6.43. The third kappa shape index (κ3) is 4.90. The van der Waals surface area contributed by atoms with Gasteiger partial charge < -0.3 is 29.0 Å². The number of fused-ring (bicyclic) bond motifs is 1. The van der Waals surface area contributed by atoms with E-state index in [4.69, 9.17) is 23.7 Å². The van der Waals surface area contributed by atoms with Gasteiger partial charge in [-0.3, -0.25) is 4.79 Å². The lowest BCUT2D eigenvalue weighted by molar-refractivity contribution is -0.123. The minimum Gasteiger partial charge on any atom is -0.490 e. The van der Waals surface area contributed by atoms with Gasteiger partial charge in [-0.15, -0.1) is 0 Å². The number of anilines is 1. The highest BCUT2D eigenvalue weighted by molar-refractivity contribution is 5.97. The Morgan fingerprint density at radius 2 is 1.72 bits per heavy atom. The Morgan fingerprint density at radius 3 is 2.48 bits per heavy atom. The van der Waals surface area contributed by atoms with E-state index in [1.54, 1.807) is 36.4 Å². The Labute approximate surface area is 168 Å². The van der Waals surface area contributed by atoms with Gasteiger partial charge in [-0.05, 0) is 51.1 Å². The largest absolute Gasteiger partial charge is 0.490 e. The molecule has 1 aliphatic heterocycles. The number of carbonyl (C=O) groups excluding carboxylic acids is 2. The van der Waals surface area contributed by atoms with Crippen LogP contribution in [0.3, 0.4) is 0 Å². The van der Waals surface area contributed by atoms with Gasteiger partial charge in [0.05, 0.1) is 18.8 Å². The van der Waals surface area contributed by atoms with E-state index in [1.807, 2.05) is 13.8 Å². The number of carbonyl (C=O) groups is 2. The summed E-state index contributed by atoms with van der Waals surface area (Å²) in [6.45, 7) is 6.24. The Balaban J connectivity index is 1.63. The molecule has 8 heteroatoms. The van der Waals surface area contributed by atoms with Crippen molar-refractivity contribution in [3.8, 4) is 23.0 Å². The first kappa shape index (κ1) is 20.3. The maximum Gasteiger partial charge on any atom is 0.339 e. The third-order valence-corrected chi connectivity index (χ3v) is 4.07. The molecule has 0 radical (unpaired) electrons. The normalized spacial score (nSPS) is 12.8. The molecule has 3 rings (SSSR count). The van der Waals surface area contributed by atoms with E-state index in [1.165, 1.54) is 6.92 Å². The summed E-state index contributed by atoms with van der Waals surface area (Å²) >= 11 is 0. The fourth-order valence-electron chi connectivity index (χ4n) is 2.68. The van der Waals surface area contributed by atoms with Gasteiger partial charge in [0.15, 0.2) is 29.1 Å². The molecule has 0 saturated carbocycles. The first-order valence-corrected chi connectivity index (χ1v) is 9.33. The van der Waals surface area contributed by atoms with E-state index < -0.39 is 18.0 Å². The van der Waals surface area contributed by atoms with Gasteiger partial charge in [0.25, 0.3) is 5.91 Å². The molecule has 8 nitrogen and oxygen atoms in total. The molecule has 29 heavy (non-hydrogen) atoms. The fraction of sp³-hybridized carbons (Fsp3) is 0.333. The number of ether oxygens (including phenoxy) is 5. The quantitative estimate of drug-likeness (QED) is 0.678. The van der Waals surface area contributed by atoms with Crippen LogP contribution in [-0.4, -0.2) is 38.0 Å². The second-order valence-corrected chi connectivity index (χ2v) is 6.13. The molecule has 2 aromatic rings. The first-order valence-electron chi connectivity index (χ1n) is 9.33. The highest BCUT2D eigenvalue weighted by Crippen LogP contribution is 2.34. The summed E-state index contributed by atoms with van der Waals surface area (Å²) in [5.41, 5.74) is 0.779. The van der Waals surface area contributed by atoms with Gasteiger partial charge >= 0.3 is 5.97 Å². The molecule has 1 N–H and O–H groups in total. The van der Waals surface area contributed by atoms with Gasteiger partial charge in [-0.1, -0.05) is 0 Å². The van der Waals surface area contributed by atoms with Gasteiger partial charge in [-0.25, -0.2) is 4.79 Å². The second kappa shape index (κ2) is 9.18. The molecule has 0 fully saturated rings. The summed E-state index contributed by atoms with van der Waals surface area (Å²) in [6, 6.07) is 9.78. The summed E-state index contributed by atoms with van der Waals surface area (Å²) in [7, 11) is 0. The van der Waals surface area contributed by atoms with Crippen molar-refractivity contribution < 1.29 is 33.3 Å². The molecular formula is C21H23NO7. The lowest BCUT2D eigenvalue weighted by atomic mass is 10.2. The van der Waals surface area contributed by atoms with E-state index in [2.05, 4.69) is 5.32 Å². The number of hydrogen-bond donors (Lipinski definition) is 1. The topological polar surface area (TPSA) is 92.3 Å². The molecule has 0 spiro atoms. The van der Waals surface area contributed by atoms with Crippen LogP contribution in [0.1, 0.15) is 31.1 Å². The number of esters is 1. The summed E-state index contributed by atoms with van der Waals surface area (Å²) in [4.78, 5) is 24.8. The Hall–Kier alpha value is -3.42. The minimum atomic E-state index is -1.00. The Morgan fingerprint density at radius 1 is 1.00 bits per heavy atom. The maximum atomic E-state index is 12.5. The molecule has 0 aromatic heterocycles. The first-order chi connectivity index (χ1) is 14.0. The fourth-order valence-corrected chi connectivity index (χ4v) is 2.68. The number of hydrogen-bond acceptors (Lipinski definition) is 7. The zero-order valence-corrected chi connectivity index (χ0v) is 16.5. The maximum absolute atomic E-state index is 12.5. The molecule has 0 saturated heterocycles. The van der Waals surface area contributed by atoms with Crippen LogP contribution in [0.2, 0.25) is 0 Å². The van der Waals surface area contributed by atoms with Crippen LogP contribution in [-0.2, 0) is 9.53 Å². The van der Waals surface area contributed by atoms with Crippen molar-refractivity contribution >= 4 is 17.6 Å². The molecule has 1 aliphatic rings. The predicted molar refractivity (Wildman–Crippen MR) is 105 cm³/mol. The molecule has 1 atom stereocenters. The van der Waals surface area contributed by atoms with Crippen molar-refractivity contribution in [2.24, 2.45) is 0 Å². The average molecular weight is 401 g/mol. The van der Waals surface area contributed by atoms with Crippen molar-refractivity contribution in [2.45, 2.75) is 26.9 Å². The van der Waals surface area contributed by atoms with Gasteiger partial charge in [-0.2, -0.15) is 0 Å². The van der Waals surface area contributed by atoms with Crippen LogP contribution in [0, 0.1) is 0 Å². The molecule has 0 aliphatic carbocycles. The van der Waals surface area contributed by atoms with Crippen LogP contribution < -0.4 is 24.3 Å². The minimum absolute atomic E-state index is 0.145. The third-order valence-electron chi connectivity index (χ3n) is 4.07.